The van der Waals surface area contributed by atoms with Crippen LogP contribution >= 0.6 is 23.4 Å². The van der Waals surface area contributed by atoms with Crippen LogP contribution in [0.4, 0.5) is 0 Å². The van der Waals surface area contributed by atoms with Gasteiger partial charge in [-0.15, -0.1) is 11.8 Å². The van der Waals surface area contributed by atoms with Gasteiger partial charge in [-0.05, 0) is 48.2 Å². The van der Waals surface area contributed by atoms with Crippen molar-refractivity contribution < 1.29 is 18.0 Å². The summed E-state index contributed by atoms with van der Waals surface area (Å²) in [6.45, 7) is 0.117. The second-order valence-corrected chi connectivity index (χ2v) is 9.65. The van der Waals surface area contributed by atoms with Crippen LogP contribution in [0, 0.1) is 0 Å². The van der Waals surface area contributed by atoms with Crippen molar-refractivity contribution in [1.82, 2.24) is 15.6 Å². The smallest absolute Gasteiger partial charge is 0.267 e. The van der Waals surface area contributed by atoms with Crippen molar-refractivity contribution in [1.29, 1.82) is 0 Å². The lowest BCUT2D eigenvalue weighted by molar-refractivity contribution is 0.0846. The summed E-state index contributed by atoms with van der Waals surface area (Å²) in [6.07, 6.45) is 1.86. The molecule has 0 aliphatic heterocycles. The van der Waals surface area contributed by atoms with Crippen LogP contribution in [0.15, 0.2) is 82.6 Å². The minimum absolute atomic E-state index is 0.0665. The Morgan fingerprint density at radius 3 is 2.34 bits per heavy atom. The topological polar surface area (TPSA) is 104 Å². The third-order valence-electron chi connectivity index (χ3n) is 4.42. The van der Waals surface area contributed by atoms with Gasteiger partial charge < -0.3 is 0 Å². The van der Waals surface area contributed by atoms with E-state index in [0.29, 0.717) is 0 Å². The highest BCUT2D eigenvalue weighted by Gasteiger charge is 2.17. The van der Waals surface area contributed by atoms with E-state index in [0.717, 1.165) is 10.5 Å². The summed E-state index contributed by atoms with van der Waals surface area (Å²) in [6, 6.07) is 19.6. The molecule has 0 aliphatic carbocycles. The molecule has 3 N–H and O–H groups in total. The molecule has 0 aromatic heterocycles. The van der Waals surface area contributed by atoms with Gasteiger partial charge in [-0.1, -0.05) is 48.0 Å². The second-order valence-electron chi connectivity index (χ2n) is 6.59. The second kappa shape index (κ2) is 10.6. The van der Waals surface area contributed by atoms with Gasteiger partial charge in [0, 0.05) is 17.0 Å². The summed E-state index contributed by atoms with van der Waals surface area (Å²) in [5.41, 5.74) is 5.65. The average Bonchev–Trinajstić information content (AvgIpc) is 2.82. The predicted octanol–water partition coefficient (Wildman–Crippen LogP) is 3.62. The number of amides is 2. The Labute approximate surface area is 195 Å². The Hall–Kier alpha value is -2.85. The molecule has 3 aromatic carbocycles. The van der Waals surface area contributed by atoms with Crippen LogP contribution in [0.1, 0.15) is 26.3 Å². The lowest BCUT2D eigenvalue weighted by Crippen LogP contribution is -2.41. The van der Waals surface area contributed by atoms with E-state index in [-0.39, 0.29) is 27.6 Å². The van der Waals surface area contributed by atoms with Gasteiger partial charge in [-0.3, -0.25) is 20.4 Å². The molecule has 32 heavy (non-hydrogen) atoms. The number of thioether (sulfide) groups is 1. The van der Waals surface area contributed by atoms with E-state index < -0.39 is 21.8 Å². The first kappa shape index (κ1) is 23.8. The van der Waals surface area contributed by atoms with E-state index in [1.54, 1.807) is 30.3 Å². The van der Waals surface area contributed by atoms with Crippen molar-refractivity contribution in [3.63, 3.8) is 0 Å². The Morgan fingerprint density at radius 2 is 1.62 bits per heavy atom. The van der Waals surface area contributed by atoms with Gasteiger partial charge in [-0.2, -0.15) is 0 Å². The highest BCUT2D eigenvalue weighted by Crippen LogP contribution is 2.22. The number of hydrazine groups is 1. The molecule has 0 atom stereocenters. The Kier molecular flexibility index (Phi) is 7.92. The van der Waals surface area contributed by atoms with Gasteiger partial charge in [-0.25, -0.2) is 13.1 Å². The van der Waals surface area contributed by atoms with E-state index in [9.17, 15) is 18.0 Å². The molecule has 166 valence electrons. The molecule has 2 amide bonds. The lowest BCUT2D eigenvalue weighted by Gasteiger charge is -2.11. The first-order valence-corrected chi connectivity index (χ1v) is 12.5. The lowest BCUT2D eigenvalue weighted by atomic mass is 10.2. The van der Waals surface area contributed by atoms with E-state index in [2.05, 4.69) is 15.6 Å². The van der Waals surface area contributed by atoms with E-state index in [4.69, 9.17) is 11.6 Å². The normalized spacial score (nSPS) is 11.1. The summed E-state index contributed by atoms with van der Waals surface area (Å²) < 4.78 is 27.7. The third kappa shape index (κ3) is 6.10. The molecule has 0 fully saturated rings. The quantitative estimate of drug-likeness (QED) is 0.347. The molecule has 0 unspecified atom stereocenters. The number of rotatable bonds is 7. The maximum Gasteiger partial charge on any atom is 0.271 e. The van der Waals surface area contributed by atoms with Crippen molar-refractivity contribution in [3.8, 4) is 0 Å². The first-order chi connectivity index (χ1) is 15.3. The first-order valence-electron chi connectivity index (χ1n) is 9.38. The molecule has 0 radical (unpaired) electrons. The van der Waals surface area contributed by atoms with Crippen molar-refractivity contribution in [2.24, 2.45) is 0 Å². The highest BCUT2D eigenvalue weighted by molar-refractivity contribution is 7.98. The van der Waals surface area contributed by atoms with Crippen LogP contribution in [-0.4, -0.2) is 26.5 Å². The van der Waals surface area contributed by atoms with Crippen molar-refractivity contribution in [2.75, 3.05) is 6.26 Å². The molecule has 0 bridgehead atoms. The Morgan fingerprint density at radius 1 is 0.906 bits per heavy atom. The van der Waals surface area contributed by atoms with Gasteiger partial charge in [0.2, 0.25) is 10.0 Å². The minimum atomic E-state index is -3.84. The van der Waals surface area contributed by atoms with Crippen LogP contribution in [0.5, 0.6) is 0 Å². The highest BCUT2D eigenvalue weighted by atomic mass is 35.5. The van der Waals surface area contributed by atoms with E-state index in [1.807, 2.05) is 24.5 Å². The van der Waals surface area contributed by atoms with Gasteiger partial charge in [0.25, 0.3) is 11.8 Å². The van der Waals surface area contributed by atoms with Crippen LogP contribution < -0.4 is 15.6 Å². The largest absolute Gasteiger partial charge is 0.271 e. The van der Waals surface area contributed by atoms with Gasteiger partial charge in [0.15, 0.2) is 0 Å². The summed E-state index contributed by atoms with van der Waals surface area (Å²) in [7, 11) is -3.84. The molecule has 3 aromatic rings. The molecule has 10 heteroatoms. The fourth-order valence-electron chi connectivity index (χ4n) is 2.72. The number of hydrogen-bond acceptors (Lipinski definition) is 5. The number of carbonyl (C=O) groups is 2. The molecule has 7 nitrogen and oxygen atoms in total. The molecule has 3 rings (SSSR count). The Balaban J connectivity index is 1.66. The molecular weight excluding hydrogens is 470 g/mol. The summed E-state index contributed by atoms with van der Waals surface area (Å²) in [5, 5.41) is 0.243. The number of benzene rings is 3. The van der Waals surface area contributed by atoms with Crippen LogP contribution in [0.2, 0.25) is 5.02 Å². The number of halogens is 1. The monoisotopic (exact) mass is 489 g/mol. The van der Waals surface area contributed by atoms with Gasteiger partial charge >= 0.3 is 0 Å². The average molecular weight is 490 g/mol. The van der Waals surface area contributed by atoms with Crippen molar-refractivity contribution in [3.05, 3.63) is 94.5 Å². The molecule has 0 heterocycles. The molecule has 0 saturated heterocycles. The fourth-order valence-corrected chi connectivity index (χ4v) is 4.43. The summed E-state index contributed by atoms with van der Waals surface area (Å²) in [5.74, 6) is -1.26. The molecular formula is C22H20ClN3O4S2. The van der Waals surface area contributed by atoms with Gasteiger partial charge in [0.05, 0.1) is 15.5 Å². The van der Waals surface area contributed by atoms with Gasteiger partial charge in [0.1, 0.15) is 0 Å². The summed E-state index contributed by atoms with van der Waals surface area (Å²) >= 11 is 7.52. The van der Waals surface area contributed by atoms with Crippen LogP contribution in [0.3, 0.4) is 0 Å². The van der Waals surface area contributed by atoms with E-state index in [1.165, 1.54) is 36.0 Å². The van der Waals surface area contributed by atoms with Crippen LogP contribution in [-0.2, 0) is 16.6 Å². The molecule has 0 saturated carbocycles. The zero-order valence-corrected chi connectivity index (χ0v) is 19.4. The third-order valence-corrected chi connectivity index (χ3v) is 6.88. The van der Waals surface area contributed by atoms with Crippen molar-refractivity contribution in [2.45, 2.75) is 16.3 Å². The van der Waals surface area contributed by atoms with Crippen LogP contribution in [0.25, 0.3) is 0 Å². The molecule has 0 aliphatic rings. The maximum absolute atomic E-state index is 12.6. The number of hydrogen-bond donors (Lipinski definition) is 3. The molecule has 0 spiro atoms. The minimum Gasteiger partial charge on any atom is -0.267 e. The standard InChI is InChI=1S/C22H20ClN3O4S2/c1-31-17-10-11-20(23)19(13-17)22(28)26-25-21(27)16-8-5-9-18(12-16)32(29,30)24-14-15-6-3-2-4-7-15/h2-13,24H,14H2,1H3,(H,25,27)(H,26,28). The zero-order valence-electron chi connectivity index (χ0n) is 17.0. The predicted molar refractivity (Wildman–Crippen MR) is 125 cm³/mol. The van der Waals surface area contributed by atoms with E-state index >= 15 is 0 Å². The fraction of sp³-hybridized carbons (Fsp3) is 0.0909. The van der Waals surface area contributed by atoms with Crippen molar-refractivity contribution >= 4 is 45.2 Å². The number of nitrogens with one attached hydrogen (secondary N) is 3. The number of carbonyl (C=O) groups excluding carboxylic acids is 2. The Bertz CT molecular complexity index is 1230. The SMILES string of the molecule is CSc1ccc(Cl)c(C(=O)NNC(=O)c2cccc(S(=O)(=O)NCc3ccccc3)c2)c1. The number of sulfonamides is 1. The summed E-state index contributed by atoms with van der Waals surface area (Å²) in [4.78, 5) is 25.6. The maximum atomic E-state index is 12.6. The zero-order chi connectivity index (χ0) is 23.1.